The van der Waals surface area contributed by atoms with E-state index in [0.29, 0.717) is 0 Å². The maximum absolute atomic E-state index is 6.17. The molecule has 0 saturated heterocycles. The summed E-state index contributed by atoms with van der Waals surface area (Å²) in [6.45, 7) is 9.40. The van der Waals surface area contributed by atoms with Gasteiger partial charge in [-0.05, 0) is 13.8 Å². The highest BCUT2D eigenvalue weighted by atomic mass is 27.2. The average molecular weight is 286 g/mol. The summed E-state index contributed by atoms with van der Waals surface area (Å²) in [5.41, 5.74) is 0. The van der Waals surface area contributed by atoms with Crippen molar-refractivity contribution >= 4 is 14.5 Å². The van der Waals surface area contributed by atoms with Gasteiger partial charge in [-0.2, -0.15) is 0 Å². The predicted octanol–water partition coefficient (Wildman–Crippen LogP) is 5.54. The van der Waals surface area contributed by atoms with E-state index in [9.17, 15) is 0 Å². The van der Waals surface area contributed by atoms with Crippen molar-refractivity contribution in [2.45, 2.75) is 95.9 Å². The van der Waals surface area contributed by atoms with Crippen LogP contribution in [-0.2, 0) is 8.53 Å². The zero-order chi connectivity index (χ0) is 14.3. The van der Waals surface area contributed by atoms with Gasteiger partial charge in [0.2, 0.25) is 0 Å². The highest BCUT2D eigenvalue weighted by Crippen LogP contribution is 2.16. The van der Waals surface area contributed by atoms with Crippen molar-refractivity contribution in [3.8, 4) is 0 Å². The number of ether oxygens (including phenoxy) is 1. The molecule has 0 aliphatic carbocycles. The van der Waals surface area contributed by atoms with E-state index in [4.69, 9.17) is 8.53 Å². The fraction of sp³-hybridized carbons (Fsp3) is 1.00. The third-order valence-electron chi connectivity index (χ3n) is 3.54. The third-order valence-corrected chi connectivity index (χ3v) is 6.42. The Morgan fingerprint density at radius 2 is 1.32 bits per heavy atom. The maximum atomic E-state index is 6.17. The quantitative estimate of drug-likeness (QED) is 0.237. The van der Waals surface area contributed by atoms with Crippen molar-refractivity contribution in [2.75, 3.05) is 6.61 Å². The van der Waals surface area contributed by atoms with Gasteiger partial charge in [-0.1, -0.05) is 75.8 Å². The second-order valence-corrected chi connectivity index (χ2v) is 8.15. The molecule has 0 aromatic carbocycles. The first kappa shape index (κ1) is 19.5. The standard InChI is InChI=1S/2C6H13.C4H9O2.Al/c2*1-3-5-6-4-2;1-3-6-4(2)5;/h2*1,3-6H2,2H3;4H,3H2,1-2H3;/q;;-1;+1. The number of hydrogen-bond acceptors (Lipinski definition) is 2. The summed E-state index contributed by atoms with van der Waals surface area (Å²) in [7, 11) is 0. The Morgan fingerprint density at radius 3 is 1.74 bits per heavy atom. The highest BCUT2D eigenvalue weighted by Gasteiger charge is 2.22. The summed E-state index contributed by atoms with van der Waals surface area (Å²) in [6.07, 6.45) is 10.9. The van der Waals surface area contributed by atoms with Crippen molar-refractivity contribution in [1.82, 2.24) is 0 Å². The summed E-state index contributed by atoms with van der Waals surface area (Å²) < 4.78 is 11.7. The summed E-state index contributed by atoms with van der Waals surface area (Å²) in [5.74, 6) is 0. The van der Waals surface area contributed by atoms with Crippen LogP contribution in [0.5, 0.6) is 0 Å². The molecule has 3 heteroatoms. The number of unbranched alkanes of at least 4 members (excludes halogenated alkanes) is 6. The molecule has 0 aliphatic rings. The Labute approximate surface area is 126 Å². The molecule has 0 amide bonds. The molecule has 2 nitrogen and oxygen atoms in total. The van der Waals surface area contributed by atoms with Crippen LogP contribution in [0.1, 0.15) is 79.1 Å². The van der Waals surface area contributed by atoms with Gasteiger partial charge in [-0.25, -0.2) is 0 Å². The van der Waals surface area contributed by atoms with E-state index < -0.39 is 14.5 Å². The van der Waals surface area contributed by atoms with Gasteiger partial charge in [0.1, 0.15) is 6.29 Å². The van der Waals surface area contributed by atoms with Crippen molar-refractivity contribution in [3.05, 3.63) is 0 Å². The van der Waals surface area contributed by atoms with E-state index in [0.717, 1.165) is 6.61 Å². The van der Waals surface area contributed by atoms with Crippen molar-refractivity contribution < 1.29 is 8.53 Å². The summed E-state index contributed by atoms with van der Waals surface area (Å²) in [4.78, 5) is 0. The molecule has 0 radical (unpaired) electrons. The first-order valence-corrected chi connectivity index (χ1v) is 10.6. The lowest BCUT2D eigenvalue weighted by molar-refractivity contribution is -0.0646. The van der Waals surface area contributed by atoms with E-state index >= 15 is 0 Å². The van der Waals surface area contributed by atoms with Gasteiger partial charge in [0.25, 0.3) is 0 Å². The normalized spacial score (nSPS) is 12.6. The summed E-state index contributed by atoms with van der Waals surface area (Å²) in [5, 5.41) is 2.67. The Kier molecular flexibility index (Phi) is 15.2. The molecule has 0 aromatic rings. The molecule has 1 unspecified atom stereocenters. The van der Waals surface area contributed by atoms with Crippen molar-refractivity contribution in [3.63, 3.8) is 0 Å². The predicted molar refractivity (Wildman–Crippen MR) is 85.8 cm³/mol. The van der Waals surface area contributed by atoms with Crippen LogP contribution in [0, 0.1) is 0 Å². The van der Waals surface area contributed by atoms with E-state index in [1.165, 1.54) is 61.9 Å². The van der Waals surface area contributed by atoms with E-state index in [1.807, 2.05) is 6.92 Å². The van der Waals surface area contributed by atoms with Crippen LogP contribution in [0.25, 0.3) is 0 Å². The maximum Gasteiger partial charge on any atom is 0.462 e. The third kappa shape index (κ3) is 13.2. The van der Waals surface area contributed by atoms with Crippen LogP contribution in [0.15, 0.2) is 0 Å². The second kappa shape index (κ2) is 14.9. The van der Waals surface area contributed by atoms with Crippen LogP contribution < -0.4 is 0 Å². The molecular weight excluding hydrogens is 251 g/mol. The largest absolute Gasteiger partial charge is 0.478 e. The average Bonchev–Trinajstić information content (AvgIpc) is 2.39. The zero-order valence-corrected chi connectivity index (χ0v) is 14.9. The zero-order valence-electron chi connectivity index (χ0n) is 13.7. The van der Waals surface area contributed by atoms with E-state index in [1.54, 1.807) is 0 Å². The molecule has 0 fully saturated rings. The minimum atomic E-state index is -1.03. The molecule has 0 spiro atoms. The first-order chi connectivity index (χ1) is 9.24. The van der Waals surface area contributed by atoms with Gasteiger partial charge in [0.05, 0.1) is 0 Å². The number of hydrogen-bond donors (Lipinski definition) is 0. The fourth-order valence-electron chi connectivity index (χ4n) is 2.42. The van der Waals surface area contributed by atoms with Gasteiger partial charge < -0.3 is 8.53 Å². The minimum absolute atomic E-state index is 0.0130. The lowest BCUT2D eigenvalue weighted by Crippen LogP contribution is -2.25. The van der Waals surface area contributed by atoms with Crippen LogP contribution >= 0.6 is 0 Å². The lowest BCUT2D eigenvalue weighted by atomic mass is 10.2. The Hall–Kier alpha value is 0.452. The molecule has 0 bridgehead atoms. The molecule has 0 aromatic heterocycles. The SMILES string of the molecule is CCCCC[CH2][Al]([CH2]CCCCC)[O]C(C)OCC. The molecule has 1 atom stereocenters. The van der Waals surface area contributed by atoms with E-state index in [2.05, 4.69) is 20.8 Å². The van der Waals surface area contributed by atoms with Gasteiger partial charge >= 0.3 is 14.5 Å². The fourth-order valence-corrected chi connectivity index (χ4v) is 5.09. The lowest BCUT2D eigenvalue weighted by Gasteiger charge is -2.19. The number of rotatable bonds is 14. The molecular formula is C16H35AlO2. The summed E-state index contributed by atoms with van der Waals surface area (Å²) in [6, 6.07) is 0. The van der Waals surface area contributed by atoms with Gasteiger partial charge in [-0.3, -0.25) is 0 Å². The van der Waals surface area contributed by atoms with Crippen molar-refractivity contribution in [2.24, 2.45) is 0 Å². The molecule has 0 saturated carbocycles. The van der Waals surface area contributed by atoms with Gasteiger partial charge in [0.15, 0.2) is 0 Å². The van der Waals surface area contributed by atoms with E-state index in [-0.39, 0.29) is 6.29 Å². The Morgan fingerprint density at radius 1 is 0.789 bits per heavy atom. The monoisotopic (exact) mass is 286 g/mol. The van der Waals surface area contributed by atoms with Crippen LogP contribution in [0.3, 0.4) is 0 Å². The molecule has 0 rings (SSSR count). The van der Waals surface area contributed by atoms with Crippen LogP contribution in [0.4, 0.5) is 0 Å². The second-order valence-electron chi connectivity index (χ2n) is 5.48. The molecule has 0 aliphatic heterocycles. The van der Waals surface area contributed by atoms with Gasteiger partial charge in [-0.15, -0.1) is 0 Å². The van der Waals surface area contributed by atoms with Crippen LogP contribution in [0.2, 0.25) is 10.6 Å². The van der Waals surface area contributed by atoms with Crippen molar-refractivity contribution in [1.29, 1.82) is 0 Å². The van der Waals surface area contributed by atoms with Crippen LogP contribution in [-0.4, -0.2) is 27.4 Å². The Bertz CT molecular complexity index is 164. The molecule has 0 heterocycles. The first-order valence-electron chi connectivity index (χ1n) is 8.51. The smallest absolute Gasteiger partial charge is 0.462 e. The summed E-state index contributed by atoms with van der Waals surface area (Å²) >= 11 is -1.03. The molecule has 0 N–H and O–H groups in total. The highest BCUT2D eigenvalue weighted by molar-refractivity contribution is 6.51. The Balaban J connectivity index is 3.85. The topological polar surface area (TPSA) is 18.5 Å². The molecule has 19 heavy (non-hydrogen) atoms. The minimum Gasteiger partial charge on any atom is -0.478 e. The molecule has 114 valence electrons. The van der Waals surface area contributed by atoms with Gasteiger partial charge in [0, 0.05) is 6.61 Å².